The standard InChI is InChI=1S/C36H46O4/c1-3-5-7-9-11-13-17-27-19-15-20-28(18-14-12-10-8-6-4-2)34(27)32-24-23-31(36(39)40)26-33(32)29-21-16-22-30(25-29)35(37)38/h15-16,19-26H,3-14,17-18H2,1-2H3,(H,37,38)(H,39,40). The first-order valence-corrected chi connectivity index (χ1v) is 15.3. The highest BCUT2D eigenvalue weighted by molar-refractivity contribution is 5.96. The lowest BCUT2D eigenvalue weighted by molar-refractivity contribution is 0.0686. The van der Waals surface area contributed by atoms with Crippen molar-refractivity contribution in [1.29, 1.82) is 0 Å². The molecular formula is C36H46O4. The van der Waals surface area contributed by atoms with Gasteiger partial charge in [-0.3, -0.25) is 0 Å². The summed E-state index contributed by atoms with van der Waals surface area (Å²) in [6.45, 7) is 4.47. The first kappa shape index (κ1) is 31.1. The molecule has 40 heavy (non-hydrogen) atoms. The quantitative estimate of drug-likeness (QED) is 0.157. The highest BCUT2D eigenvalue weighted by Crippen LogP contribution is 2.38. The monoisotopic (exact) mass is 542 g/mol. The Morgan fingerprint density at radius 2 is 1.05 bits per heavy atom. The van der Waals surface area contributed by atoms with Gasteiger partial charge in [0.15, 0.2) is 0 Å². The fourth-order valence-corrected chi connectivity index (χ4v) is 5.56. The molecular weight excluding hydrogens is 496 g/mol. The topological polar surface area (TPSA) is 74.6 Å². The van der Waals surface area contributed by atoms with Gasteiger partial charge in [-0.1, -0.05) is 114 Å². The van der Waals surface area contributed by atoms with E-state index in [-0.39, 0.29) is 11.1 Å². The highest BCUT2D eigenvalue weighted by atomic mass is 16.4. The molecule has 3 aromatic carbocycles. The molecule has 0 unspecified atom stereocenters. The van der Waals surface area contributed by atoms with Crippen LogP contribution in [-0.2, 0) is 12.8 Å². The van der Waals surface area contributed by atoms with Crippen LogP contribution < -0.4 is 0 Å². The highest BCUT2D eigenvalue weighted by Gasteiger charge is 2.18. The van der Waals surface area contributed by atoms with E-state index in [0.717, 1.165) is 42.4 Å². The number of benzene rings is 3. The molecule has 0 amide bonds. The van der Waals surface area contributed by atoms with Crippen LogP contribution in [0.15, 0.2) is 60.7 Å². The summed E-state index contributed by atoms with van der Waals surface area (Å²) >= 11 is 0. The Bertz CT molecular complexity index is 1210. The van der Waals surface area contributed by atoms with E-state index in [0.29, 0.717) is 0 Å². The summed E-state index contributed by atoms with van der Waals surface area (Å²) in [5.41, 5.74) is 6.63. The van der Waals surface area contributed by atoms with Crippen molar-refractivity contribution in [1.82, 2.24) is 0 Å². The molecule has 3 aromatic rings. The molecule has 2 N–H and O–H groups in total. The van der Waals surface area contributed by atoms with Gasteiger partial charge in [-0.25, -0.2) is 9.59 Å². The van der Waals surface area contributed by atoms with E-state index < -0.39 is 11.9 Å². The largest absolute Gasteiger partial charge is 0.478 e. The molecule has 4 nitrogen and oxygen atoms in total. The zero-order chi connectivity index (χ0) is 28.7. The number of carboxylic acid groups (broad SMARTS) is 2. The molecule has 4 heteroatoms. The van der Waals surface area contributed by atoms with E-state index in [1.54, 1.807) is 30.3 Å². The lowest BCUT2D eigenvalue weighted by Crippen LogP contribution is -2.02. The van der Waals surface area contributed by atoms with Gasteiger partial charge in [0.1, 0.15) is 0 Å². The predicted molar refractivity (Wildman–Crippen MR) is 165 cm³/mol. The molecule has 0 saturated carbocycles. The van der Waals surface area contributed by atoms with Crippen molar-refractivity contribution >= 4 is 11.9 Å². The predicted octanol–water partition coefficient (Wildman–Crippen LogP) is 10.2. The van der Waals surface area contributed by atoms with E-state index in [1.807, 2.05) is 12.1 Å². The lowest BCUT2D eigenvalue weighted by atomic mass is 9.84. The van der Waals surface area contributed by atoms with Crippen molar-refractivity contribution in [3.8, 4) is 22.3 Å². The average molecular weight is 543 g/mol. The number of rotatable bonds is 18. The average Bonchev–Trinajstić information content (AvgIpc) is 2.96. The van der Waals surface area contributed by atoms with Gasteiger partial charge < -0.3 is 10.2 Å². The minimum Gasteiger partial charge on any atom is -0.478 e. The third kappa shape index (κ3) is 9.08. The number of unbranched alkanes of at least 4 members (excludes halogenated alkanes) is 10. The second-order valence-corrected chi connectivity index (χ2v) is 10.9. The van der Waals surface area contributed by atoms with Gasteiger partial charge in [0.25, 0.3) is 0 Å². The molecule has 3 rings (SSSR count). The summed E-state index contributed by atoms with van der Waals surface area (Å²) in [4.78, 5) is 23.7. The van der Waals surface area contributed by atoms with Crippen molar-refractivity contribution in [3.63, 3.8) is 0 Å². The molecule has 0 saturated heterocycles. The number of hydrogen-bond donors (Lipinski definition) is 2. The molecule has 0 bridgehead atoms. The zero-order valence-electron chi connectivity index (χ0n) is 24.4. The van der Waals surface area contributed by atoms with Crippen LogP contribution >= 0.6 is 0 Å². The van der Waals surface area contributed by atoms with E-state index in [2.05, 4.69) is 32.0 Å². The van der Waals surface area contributed by atoms with Gasteiger partial charge in [-0.15, -0.1) is 0 Å². The number of hydrogen-bond acceptors (Lipinski definition) is 2. The van der Waals surface area contributed by atoms with Crippen LogP contribution in [0.3, 0.4) is 0 Å². The number of aryl methyl sites for hydroxylation is 2. The first-order chi connectivity index (χ1) is 19.5. The normalized spacial score (nSPS) is 11.1. The number of carboxylic acids is 2. The van der Waals surface area contributed by atoms with Gasteiger partial charge in [0, 0.05) is 0 Å². The Kier molecular flexibility index (Phi) is 13.0. The maximum atomic E-state index is 11.9. The second-order valence-electron chi connectivity index (χ2n) is 10.9. The molecule has 0 aliphatic heterocycles. The van der Waals surface area contributed by atoms with Crippen molar-refractivity contribution in [3.05, 3.63) is 82.9 Å². The third-order valence-electron chi connectivity index (χ3n) is 7.79. The van der Waals surface area contributed by atoms with Crippen molar-refractivity contribution in [2.45, 2.75) is 104 Å². The fourth-order valence-electron chi connectivity index (χ4n) is 5.56. The Balaban J connectivity index is 2.04. The smallest absolute Gasteiger partial charge is 0.335 e. The third-order valence-corrected chi connectivity index (χ3v) is 7.79. The molecule has 0 aliphatic rings. The van der Waals surface area contributed by atoms with Crippen LogP contribution in [0.2, 0.25) is 0 Å². The van der Waals surface area contributed by atoms with Gasteiger partial charge in [0.05, 0.1) is 11.1 Å². The number of aromatic carboxylic acids is 2. The fraction of sp³-hybridized carbons (Fsp3) is 0.444. The Morgan fingerprint density at radius 3 is 1.60 bits per heavy atom. The molecule has 0 aromatic heterocycles. The first-order valence-electron chi connectivity index (χ1n) is 15.3. The van der Waals surface area contributed by atoms with Crippen molar-refractivity contribution < 1.29 is 19.8 Å². The maximum Gasteiger partial charge on any atom is 0.335 e. The zero-order valence-corrected chi connectivity index (χ0v) is 24.4. The minimum atomic E-state index is -0.995. The molecule has 0 heterocycles. The number of carbonyl (C=O) groups is 2. The van der Waals surface area contributed by atoms with Gasteiger partial charge in [0.2, 0.25) is 0 Å². The Labute approximate surface area is 240 Å². The van der Waals surface area contributed by atoms with Crippen LogP contribution in [-0.4, -0.2) is 22.2 Å². The van der Waals surface area contributed by atoms with Crippen molar-refractivity contribution in [2.24, 2.45) is 0 Å². The van der Waals surface area contributed by atoms with Crippen LogP contribution in [0.5, 0.6) is 0 Å². The summed E-state index contributed by atoms with van der Waals surface area (Å²) < 4.78 is 0. The van der Waals surface area contributed by atoms with Crippen LogP contribution in [0, 0.1) is 0 Å². The van der Waals surface area contributed by atoms with E-state index in [1.165, 1.54) is 80.9 Å². The summed E-state index contributed by atoms with van der Waals surface area (Å²) in [7, 11) is 0. The van der Waals surface area contributed by atoms with Crippen LogP contribution in [0.25, 0.3) is 22.3 Å². The summed E-state index contributed by atoms with van der Waals surface area (Å²) in [5.74, 6) is -1.99. The SMILES string of the molecule is CCCCCCCCc1cccc(CCCCCCCC)c1-c1ccc(C(=O)O)cc1-c1cccc(C(=O)O)c1. The van der Waals surface area contributed by atoms with E-state index >= 15 is 0 Å². The minimum absolute atomic E-state index is 0.192. The maximum absolute atomic E-state index is 11.9. The summed E-state index contributed by atoms with van der Waals surface area (Å²) in [6.07, 6.45) is 16.7. The summed E-state index contributed by atoms with van der Waals surface area (Å²) in [6, 6.07) is 18.7. The lowest BCUT2D eigenvalue weighted by Gasteiger charge is -2.20. The molecule has 0 atom stereocenters. The van der Waals surface area contributed by atoms with Gasteiger partial charge >= 0.3 is 11.9 Å². The van der Waals surface area contributed by atoms with E-state index in [9.17, 15) is 19.8 Å². The van der Waals surface area contributed by atoms with Crippen LogP contribution in [0.4, 0.5) is 0 Å². The summed E-state index contributed by atoms with van der Waals surface area (Å²) in [5, 5.41) is 19.4. The Hall–Kier alpha value is -3.40. The van der Waals surface area contributed by atoms with E-state index in [4.69, 9.17) is 0 Å². The van der Waals surface area contributed by atoms with Gasteiger partial charge in [-0.2, -0.15) is 0 Å². The molecule has 0 fully saturated rings. The molecule has 0 spiro atoms. The Morgan fingerprint density at radius 1 is 0.550 bits per heavy atom. The second kappa shape index (κ2) is 16.6. The van der Waals surface area contributed by atoms with Gasteiger partial charge in [-0.05, 0) is 83.3 Å². The van der Waals surface area contributed by atoms with Crippen LogP contribution in [0.1, 0.15) is 123 Å². The molecule has 0 aliphatic carbocycles. The molecule has 0 radical (unpaired) electrons. The van der Waals surface area contributed by atoms with Crippen molar-refractivity contribution in [2.75, 3.05) is 0 Å². The molecule has 214 valence electrons.